The van der Waals surface area contributed by atoms with Crippen molar-refractivity contribution in [2.75, 3.05) is 33.8 Å². The lowest BCUT2D eigenvalue weighted by molar-refractivity contribution is 0.0780. The molecule has 5 nitrogen and oxygen atoms in total. The first-order chi connectivity index (χ1) is 11.1. The fraction of sp³-hybridized carbons (Fsp3) is 0.667. The molecule has 0 N–H and O–H groups in total. The fourth-order valence-corrected chi connectivity index (χ4v) is 3.27. The van der Waals surface area contributed by atoms with Gasteiger partial charge in [-0.05, 0) is 44.8 Å². The molecule has 2 heterocycles. The molecule has 5 heteroatoms. The topological polar surface area (TPSA) is 45.7 Å². The van der Waals surface area contributed by atoms with Crippen LogP contribution in [0.25, 0.3) is 0 Å². The van der Waals surface area contributed by atoms with Crippen molar-refractivity contribution in [1.29, 1.82) is 0 Å². The van der Waals surface area contributed by atoms with Gasteiger partial charge in [-0.3, -0.25) is 4.79 Å². The van der Waals surface area contributed by atoms with Crippen molar-refractivity contribution in [3.8, 4) is 5.88 Å². The molecule has 1 amide bonds. The van der Waals surface area contributed by atoms with Crippen LogP contribution < -0.4 is 4.74 Å². The summed E-state index contributed by atoms with van der Waals surface area (Å²) in [5.41, 5.74) is 0.651. The number of rotatable bonds is 6. The molecule has 1 saturated heterocycles. The first kappa shape index (κ1) is 16.2. The number of nitrogens with zero attached hydrogens (tertiary/aromatic N) is 3. The van der Waals surface area contributed by atoms with E-state index in [0.717, 1.165) is 26.1 Å². The van der Waals surface area contributed by atoms with Crippen molar-refractivity contribution < 1.29 is 9.53 Å². The van der Waals surface area contributed by atoms with Crippen molar-refractivity contribution in [2.24, 2.45) is 11.8 Å². The lowest BCUT2D eigenvalue weighted by Gasteiger charge is -2.23. The number of amides is 1. The monoisotopic (exact) mass is 317 g/mol. The molecule has 0 radical (unpaired) electrons. The molecule has 3 rings (SSSR count). The summed E-state index contributed by atoms with van der Waals surface area (Å²) < 4.78 is 5.63. The van der Waals surface area contributed by atoms with Crippen LogP contribution in [0.1, 0.15) is 36.5 Å². The summed E-state index contributed by atoms with van der Waals surface area (Å²) in [6, 6.07) is 4.09. The Kier molecular flexibility index (Phi) is 4.85. The zero-order valence-electron chi connectivity index (χ0n) is 14.4. The Hall–Kier alpha value is -1.62. The molecule has 0 aromatic carbocycles. The van der Waals surface area contributed by atoms with Crippen LogP contribution in [0.3, 0.4) is 0 Å². The van der Waals surface area contributed by atoms with E-state index in [-0.39, 0.29) is 5.91 Å². The molecule has 2 fully saturated rings. The molecule has 0 bridgehead atoms. The van der Waals surface area contributed by atoms with Gasteiger partial charge in [0.15, 0.2) is 0 Å². The largest absolute Gasteiger partial charge is 0.477 e. The van der Waals surface area contributed by atoms with E-state index in [4.69, 9.17) is 4.74 Å². The Morgan fingerprint density at radius 3 is 2.65 bits per heavy atom. The molecule has 0 unspecified atom stereocenters. The third kappa shape index (κ3) is 3.83. The highest BCUT2D eigenvalue weighted by atomic mass is 16.5. The third-order valence-corrected chi connectivity index (χ3v) is 5.03. The molecule has 2 atom stereocenters. The summed E-state index contributed by atoms with van der Waals surface area (Å²) in [5, 5.41) is 0. The smallest absolute Gasteiger partial charge is 0.255 e. The number of ether oxygens (including phenoxy) is 1. The predicted octanol–water partition coefficient (Wildman–Crippen LogP) is 2.28. The van der Waals surface area contributed by atoms with E-state index in [1.54, 1.807) is 6.20 Å². The number of carbonyl (C=O) groups excluding carboxylic acids is 1. The van der Waals surface area contributed by atoms with E-state index >= 15 is 0 Å². The number of pyridine rings is 1. The molecule has 1 aromatic rings. The van der Waals surface area contributed by atoms with E-state index in [2.05, 4.69) is 30.9 Å². The number of hydrogen-bond acceptors (Lipinski definition) is 4. The molecule has 1 aromatic heterocycles. The van der Waals surface area contributed by atoms with Crippen LogP contribution in [0, 0.1) is 11.8 Å². The number of carbonyl (C=O) groups is 1. The summed E-state index contributed by atoms with van der Waals surface area (Å²) in [4.78, 5) is 21.2. The van der Waals surface area contributed by atoms with Gasteiger partial charge in [0, 0.05) is 31.4 Å². The van der Waals surface area contributed by atoms with Crippen LogP contribution in [-0.2, 0) is 0 Å². The molecular weight excluding hydrogens is 290 g/mol. The first-order valence-electron chi connectivity index (χ1n) is 8.63. The van der Waals surface area contributed by atoms with Crippen LogP contribution >= 0.6 is 0 Å². The van der Waals surface area contributed by atoms with Crippen molar-refractivity contribution in [3.05, 3.63) is 23.9 Å². The second-order valence-electron chi connectivity index (χ2n) is 7.05. The second-order valence-corrected chi connectivity index (χ2v) is 7.05. The van der Waals surface area contributed by atoms with Crippen molar-refractivity contribution in [2.45, 2.75) is 32.2 Å². The number of likely N-dealkylation sites (tertiary alicyclic amines) is 1. The average Bonchev–Trinajstić information content (AvgIpc) is 3.28. The SMILES string of the molecule is CC[C@@H]1CN(C(=O)c2ccc(OCC3CC3)nc2)C[C@H]1N(C)C. The lowest BCUT2D eigenvalue weighted by atomic mass is 10.0. The summed E-state index contributed by atoms with van der Waals surface area (Å²) in [7, 11) is 4.18. The van der Waals surface area contributed by atoms with Gasteiger partial charge in [-0.2, -0.15) is 0 Å². The van der Waals surface area contributed by atoms with Gasteiger partial charge in [0.2, 0.25) is 5.88 Å². The van der Waals surface area contributed by atoms with Crippen molar-refractivity contribution in [3.63, 3.8) is 0 Å². The number of aromatic nitrogens is 1. The highest BCUT2D eigenvalue weighted by Crippen LogP contribution is 2.29. The summed E-state index contributed by atoms with van der Waals surface area (Å²) in [5.74, 6) is 1.95. The van der Waals surface area contributed by atoms with E-state index in [9.17, 15) is 4.79 Å². The van der Waals surface area contributed by atoms with Gasteiger partial charge in [-0.25, -0.2) is 4.98 Å². The minimum absolute atomic E-state index is 0.0778. The van der Waals surface area contributed by atoms with E-state index in [1.807, 2.05) is 17.0 Å². The van der Waals surface area contributed by atoms with Crippen LogP contribution in [0.2, 0.25) is 0 Å². The van der Waals surface area contributed by atoms with Crippen molar-refractivity contribution in [1.82, 2.24) is 14.8 Å². The molecular formula is C18H27N3O2. The van der Waals surface area contributed by atoms with Gasteiger partial charge in [-0.15, -0.1) is 0 Å². The van der Waals surface area contributed by atoms with Crippen LogP contribution in [0.4, 0.5) is 0 Å². The van der Waals surface area contributed by atoms with E-state index < -0.39 is 0 Å². The maximum absolute atomic E-state index is 12.7. The molecule has 2 aliphatic rings. The third-order valence-electron chi connectivity index (χ3n) is 5.03. The van der Waals surface area contributed by atoms with Crippen LogP contribution in [-0.4, -0.2) is 60.5 Å². The van der Waals surface area contributed by atoms with Crippen LogP contribution in [0.5, 0.6) is 5.88 Å². The Morgan fingerprint density at radius 2 is 2.13 bits per heavy atom. The Balaban J connectivity index is 1.61. The van der Waals surface area contributed by atoms with Crippen molar-refractivity contribution >= 4 is 5.91 Å². The quantitative estimate of drug-likeness (QED) is 0.807. The zero-order valence-corrected chi connectivity index (χ0v) is 14.4. The summed E-state index contributed by atoms with van der Waals surface area (Å²) in [6.45, 7) is 4.57. The number of hydrogen-bond donors (Lipinski definition) is 0. The Morgan fingerprint density at radius 1 is 1.35 bits per heavy atom. The minimum Gasteiger partial charge on any atom is -0.477 e. The zero-order chi connectivity index (χ0) is 16.4. The minimum atomic E-state index is 0.0778. The Labute approximate surface area is 138 Å². The maximum atomic E-state index is 12.7. The van der Waals surface area contributed by atoms with Crippen LogP contribution in [0.15, 0.2) is 18.3 Å². The normalized spacial score (nSPS) is 24.3. The molecule has 1 aliphatic carbocycles. The van der Waals surface area contributed by atoms with Gasteiger partial charge in [0.25, 0.3) is 5.91 Å². The maximum Gasteiger partial charge on any atom is 0.255 e. The second kappa shape index (κ2) is 6.87. The van der Waals surface area contributed by atoms with Gasteiger partial charge in [0.1, 0.15) is 0 Å². The molecule has 0 spiro atoms. The highest BCUT2D eigenvalue weighted by Gasteiger charge is 2.35. The van der Waals surface area contributed by atoms with Gasteiger partial charge >= 0.3 is 0 Å². The molecule has 126 valence electrons. The van der Waals surface area contributed by atoms with E-state index in [0.29, 0.717) is 29.3 Å². The summed E-state index contributed by atoms with van der Waals surface area (Å²) in [6.07, 6.45) is 5.27. The lowest BCUT2D eigenvalue weighted by Crippen LogP contribution is -2.36. The van der Waals surface area contributed by atoms with E-state index in [1.165, 1.54) is 12.8 Å². The molecule has 1 aliphatic heterocycles. The van der Waals surface area contributed by atoms with Gasteiger partial charge < -0.3 is 14.5 Å². The van der Waals surface area contributed by atoms with Gasteiger partial charge in [0.05, 0.1) is 12.2 Å². The number of likely N-dealkylation sites (N-methyl/N-ethyl adjacent to an activating group) is 1. The Bertz CT molecular complexity index is 540. The summed E-state index contributed by atoms with van der Waals surface area (Å²) >= 11 is 0. The predicted molar refractivity (Wildman–Crippen MR) is 89.6 cm³/mol. The average molecular weight is 317 g/mol. The molecule has 1 saturated carbocycles. The highest BCUT2D eigenvalue weighted by molar-refractivity contribution is 5.94. The van der Waals surface area contributed by atoms with Gasteiger partial charge in [-0.1, -0.05) is 13.3 Å². The standard InChI is InChI=1S/C18H27N3O2/c1-4-14-10-21(11-16(14)20(2)3)18(22)15-7-8-17(19-9-15)23-12-13-5-6-13/h7-9,13-14,16H,4-6,10-12H2,1-3H3/t14-,16-/m1/s1. The fourth-order valence-electron chi connectivity index (χ4n) is 3.27. The molecule has 23 heavy (non-hydrogen) atoms. The first-order valence-corrected chi connectivity index (χ1v) is 8.63.